The molecule has 1 amide bonds. The van der Waals surface area contributed by atoms with Crippen molar-refractivity contribution in [3.05, 3.63) is 34.4 Å². The summed E-state index contributed by atoms with van der Waals surface area (Å²) in [7, 11) is 1.85. The third kappa shape index (κ3) is 2.86. The van der Waals surface area contributed by atoms with Crippen LogP contribution in [0, 0.1) is 0 Å². The lowest BCUT2D eigenvalue weighted by atomic mass is 9.96. The van der Waals surface area contributed by atoms with Crippen LogP contribution in [-0.2, 0) is 13.6 Å². The smallest absolute Gasteiger partial charge is 0.252 e. The van der Waals surface area contributed by atoms with Gasteiger partial charge in [0.1, 0.15) is 0 Å². The normalized spacial score (nSPS) is 19.5. The first kappa shape index (κ1) is 15.1. The number of amides is 1. The van der Waals surface area contributed by atoms with Crippen LogP contribution >= 0.6 is 11.6 Å². The lowest BCUT2D eigenvalue weighted by Gasteiger charge is -2.35. The number of halogens is 1. The first-order valence-electron chi connectivity index (χ1n) is 7.31. The molecule has 0 aliphatic carbocycles. The number of primary amides is 1. The van der Waals surface area contributed by atoms with Gasteiger partial charge in [-0.3, -0.25) is 19.5 Å². The molecule has 3 N–H and O–H groups in total. The third-order valence-electron chi connectivity index (χ3n) is 4.09. The summed E-state index contributed by atoms with van der Waals surface area (Å²) in [6.07, 6.45) is 6.46. The highest BCUT2D eigenvalue weighted by Crippen LogP contribution is 2.33. The summed E-state index contributed by atoms with van der Waals surface area (Å²) >= 11 is 6.21. The van der Waals surface area contributed by atoms with Gasteiger partial charge in [-0.1, -0.05) is 18.0 Å². The van der Waals surface area contributed by atoms with E-state index in [-0.39, 0.29) is 6.04 Å². The van der Waals surface area contributed by atoms with Crippen LogP contribution in [0.5, 0.6) is 0 Å². The lowest BCUT2D eigenvalue weighted by Crippen LogP contribution is -2.34. The number of nitrogens with one attached hydrogen (secondary N) is 1. The Bertz CT molecular complexity index is 679. The van der Waals surface area contributed by atoms with Gasteiger partial charge in [0.15, 0.2) is 0 Å². The van der Waals surface area contributed by atoms with E-state index in [0.717, 1.165) is 37.2 Å². The number of aryl methyl sites for hydroxylation is 1. The van der Waals surface area contributed by atoms with Crippen molar-refractivity contribution in [1.29, 1.82) is 0 Å². The monoisotopic (exact) mass is 322 g/mol. The summed E-state index contributed by atoms with van der Waals surface area (Å²) in [6, 6.07) is 0.0804. The fraction of sp³-hybridized carbons (Fsp3) is 0.500. The van der Waals surface area contributed by atoms with Crippen LogP contribution in [0.3, 0.4) is 0 Å². The number of rotatable bonds is 4. The Kier molecular flexibility index (Phi) is 4.17. The van der Waals surface area contributed by atoms with Crippen LogP contribution < -0.4 is 5.73 Å². The summed E-state index contributed by atoms with van der Waals surface area (Å²) in [4.78, 5) is 13.8. The highest BCUT2D eigenvalue weighted by molar-refractivity contribution is 6.31. The maximum Gasteiger partial charge on any atom is 0.252 e. The molecule has 0 spiro atoms. The number of hydrogen-bond donors (Lipinski definition) is 2. The van der Waals surface area contributed by atoms with E-state index >= 15 is 0 Å². The highest BCUT2D eigenvalue weighted by atomic mass is 35.5. The molecular formula is C14H19ClN6O. The van der Waals surface area contributed by atoms with Crippen molar-refractivity contribution in [3.63, 3.8) is 0 Å². The fourth-order valence-electron chi connectivity index (χ4n) is 3.06. The minimum Gasteiger partial charge on any atom is -0.365 e. The first-order chi connectivity index (χ1) is 10.6. The number of aromatic nitrogens is 4. The largest absolute Gasteiger partial charge is 0.365 e. The second-order valence-corrected chi connectivity index (χ2v) is 6.05. The van der Waals surface area contributed by atoms with Gasteiger partial charge in [-0.2, -0.15) is 10.2 Å². The molecule has 0 radical (unpaired) electrons. The highest BCUT2D eigenvalue weighted by Gasteiger charge is 2.29. The predicted molar refractivity (Wildman–Crippen MR) is 82.3 cm³/mol. The molecule has 118 valence electrons. The Balaban J connectivity index is 1.86. The summed E-state index contributed by atoms with van der Waals surface area (Å²) in [5.74, 6) is -0.454. The van der Waals surface area contributed by atoms with Gasteiger partial charge in [-0.05, 0) is 19.4 Å². The average Bonchev–Trinajstić information content (AvgIpc) is 3.07. The van der Waals surface area contributed by atoms with E-state index in [1.165, 1.54) is 6.20 Å². The number of carbonyl (C=O) groups excluding carboxylic acids is 1. The molecule has 1 fully saturated rings. The number of likely N-dealkylation sites (tertiary alicyclic amines) is 1. The van der Waals surface area contributed by atoms with Gasteiger partial charge < -0.3 is 5.73 Å². The van der Waals surface area contributed by atoms with Crippen LogP contribution in [0.4, 0.5) is 0 Å². The lowest BCUT2D eigenvalue weighted by molar-refractivity contribution is 0.0989. The topological polar surface area (TPSA) is 92.8 Å². The van der Waals surface area contributed by atoms with E-state index < -0.39 is 5.91 Å². The Morgan fingerprint density at radius 1 is 1.55 bits per heavy atom. The minimum atomic E-state index is -0.454. The second kappa shape index (κ2) is 6.10. The molecule has 0 aromatic carbocycles. The molecule has 2 aromatic rings. The Morgan fingerprint density at radius 3 is 3.05 bits per heavy atom. The summed E-state index contributed by atoms with van der Waals surface area (Å²) in [6.45, 7) is 1.57. The molecule has 3 rings (SSSR count). The first-order valence-corrected chi connectivity index (χ1v) is 7.69. The number of hydrogen-bond acceptors (Lipinski definition) is 4. The van der Waals surface area contributed by atoms with Crippen molar-refractivity contribution in [2.24, 2.45) is 12.8 Å². The molecule has 0 saturated carbocycles. The van der Waals surface area contributed by atoms with Gasteiger partial charge >= 0.3 is 0 Å². The zero-order chi connectivity index (χ0) is 15.7. The molecule has 3 heterocycles. The maximum absolute atomic E-state index is 11.6. The summed E-state index contributed by atoms with van der Waals surface area (Å²) in [5.41, 5.74) is 7.53. The number of piperidine rings is 1. The van der Waals surface area contributed by atoms with E-state index in [2.05, 4.69) is 20.2 Å². The van der Waals surface area contributed by atoms with Crippen LogP contribution in [-0.4, -0.2) is 37.3 Å². The number of aromatic amines is 1. The van der Waals surface area contributed by atoms with Crippen molar-refractivity contribution in [1.82, 2.24) is 24.9 Å². The van der Waals surface area contributed by atoms with Crippen LogP contribution in [0.25, 0.3) is 0 Å². The molecular weight excluding hydrogens is 304 g/mol. The summed E-state index contributed by atoms with van der Waals surface area (Å²) < 4.78 is 1.71. The maximum atomic E-state index is 11.6. The molecule has 22 heavy (non-hydrogen) atoms. The average molecular weight is 323 g/mol. The molecule has 1 aliphatic heterocycles. The molecule has 2 aromatic heterocycles. The Labute approximate surface area is 133 Å². The Morgan fingerprint density at radius 2 is 2.36 bits per heavy atom. The van der Waals surface area contributed by atoms with Crippen LogP contribution in [0.15, 0.2) is 12.4 Å². The molecule has 0 bridgehead atoms. The van der Waals surface area contributed by atoms with Gasteiger partial charge in [0, 0.05) is 19.8 Å². The molecule has 1 atom stereocenters. The predicted octanol–water partition coefficient (Wildman–Crippen LogP) is 1.62. The number of nitrogens with zero attached hydrogens (tertiary/aromatic N) is 4. The molecule has 7 nitrogen and oxygen atoms in total. The number of carbonyl (C=O) groups is 1. The second-order valence-electron chi connectivity index (χ2n) is 5.64. The van der Waals surface area contributed by atoms with E-state index in [9.17, 15) is 4.79 Å². The van der Waals surface area contributed by atoms with Gasteiger partial charge in [-0.25, -0.2) is 0 Å². The van der Waals surface area contributed by atoms with Gasteiger partial charge in [-0.15, -0.1) is 0 Å². The van der Waals surface area contributed by atoms with Gasteiger partial charge in [0.05, 0.1) is 34.2 Å². The van der Waals surface area contributed by atoms with Crippen molar-refractivity contribution >= 4 is 17.5 Å². The van der Waals surface area contributed by atoms with E-state index in [1.54, 1.807) is 10.9 Å². The van der Waals surface area contributed by atoms with Gasteiger partial charge in [0.2, 0.25) is 0 Å². The van der Waals surface area contributed by atoms with Crippen molar-refractivity contribution in [2.45, 2.75) is 31.8 Å². The number of nitrogens with two attached hydrogens (primary N) is 1. The molecule has 1 saturated heterocycles. The third-order valence-corrected chi connectivity index (χ3v) is 4.40. The van der Waals surface area contributed by atoms with Crippen molar-refractivity contribution < 1.29 is 4.79 Å². The van der Waals surface area contributed by atoms with E-state index in [4.69, 9.17) is 17.3 Å². The van der Waals surface area contributed by atoms with Crippen molar-refractivity contribution in [3.8, 4) is 0 Å². The van der Waals surface area contributed by atoms with E-state index in [0.29, 0.717) is 17.1 Å². The van der Waals surface area contributed by atoms with Crippen LogP contribution in [0.1, 0.15) is 47.1 Å². The standard InChI is InChI=1S/C14H19ClN6O/c1-20-7-10(15)11(19-20)8-21-5-3-2-4-12(21)13-9(14(16)22)6-17-18-13/h6-7,12H,2-5,8H2,1H3,(H2,16,22)(H,17,18). The Hall–Kier alpha value is -1.86. The zero-order valence-corrected chi connectivity index (χ0v) is 13.2. The molecule has 8 heteroatoms. The number of H-pyrrole nitrogens is 1. The summed E-state index contributed by atoms with van der Waals surface area (Å²) in [5, 5.41) is 12.0. The molecule has 1 unspecified atom stereocenters. The van der Waals surface area contributed by atoms with Gasteiger partial charge in [0.25, 0.3) is 5.91 Å². The SMILES string of the molecule is Cn1cc(Cl)c(CN2CCCCC2c2[nH]ncc2C(N)=O)n1. The minimum absolute atomic E-state index is 0.0804. The fourth-order valence-corrected chi connectivity index (χ4v) is 3.30. The van der Waals surface area contributed by atoms with Crippen molar-refractivity contribution in [2.75, 3.05) is 6.54 Å². The zero-order valence-electron chi connectivity index (χ0n) is 12.4. The molecule has 1 aliphatic rings. The quantitative estimate of drug-likeness (QED) is 0.894. The van der Waals surface area contributed by atoms with Crippen LogP contribution in [0.2, 0.25) is 5.02 Å². The van der Waals surface area contributed by atoms with E-state index in [1.807, 2.05) is 7.05 Å².